The van der Waals surface area contributed by atoms with Gasteiger partial charge in [-0.3, -0.25) is 0 Å². The number of hydrogen-bond donors (Lipinski definition) is 1. The topological polar surface area (TPSA) is 24.5 Å². The third kappa shape index (κ3) is 5.84. The van der Waals surface area contributed by atoms with Crippen molar-refractivity contribution in [3.8, 4) is 0 Å². The number of hydrogen-bond acceptors (Lipinski definition) is 3. The first-order valence-electron chi connectivity index (χ1n) is 7.31. The van der Waals surface area contributed by atoms with Crippen LogP contribution < -0.4 is 5.32 Å². The molecule has 1 unspecified atom stereocenters. The van der Waals surface area contributed by atoms with Crippen LogP contribution in [0, 0.1) is 5.92 Å². The zero-order chi connectivity index (χ0) is 12.5. The minimum atomic E-state index is 0.663. The van der Waals surface area contributed by atoms with E-state index in [9.17, 15) is 0 Å². The van der Waals surface area contributed by atoms with E-state index >= 15 is 0 Å². The molecule has 3 heteroatoms. The van der Waals surface area contributed by atoms with Gasteiger partial charge in [0.15, 0.2) is 0 Å². The molecule has 3 nitrogen and oxygen atoms in total. The number of likely N-dealkylation sites (tertiary alicyclic amines) is 1. The number of nitrogens with one attached hydrogen (secondary N) is 1. The highest BCUT2D eigenvalue weighted by Crippen LogP contribution is 2.20. The summed E-state index contributed by atoms with van der Waals surface area (Å²) in [5.41, 5.74) is 0. The van der Waals surface area contributed by atoms with Gasteiger partial charge in [-0.15, -0.1) is 0 Å². The van der Waals surface area contributed by atoms with E-state index in [1.54, 1.807) is 0 Å². The molecule has 1 aliphatic heterocycles. The van der Waals surface area contributed by atoms with Crippen molar-refractivity contribution in [3.63, 3.8) is 0 Å². The van der Waals surface area contributed by atoms with Crippen LogP contribution in [0.25, 0.3) is 0 Å². The number of nitrogens with zero attached hydrogens (tertiary/aromatic N) is 1. The summed E-state index contributed by atoms with van der Waals surface area (Å²) in [6, 6.07) is 0.663. The molecule has 0 aromatic carbocycles. The summed E-state index contributed by atoms with van der Waals surface area (Å²) in [5.74, 6) is 0.866. The Labute approximate surface area is 107 Å². The molecule has 1 N–H and O–H groups in total. The summed E-state index contributed by atoms with van der Waals surface area (Å²) in [5, 5.41) is 3.65. The average molecular weight is 242 g/mol. The second-order valence-electron chi connectivity index (χ2n) is 5.06. The highest BCUT2D eigenvalue weighted by atomic mass is 16.5. The van der Waals surface area contributed by atoms with Gasteiger partial charge in [0, 0.05) is 19.3 Å². The van der Waals surface area contributed by atoms with E-state index in [1.165, 1.54) is 32.5 Å². The zero-order valence-corrected chi connectivity index (χ0v) is 11.9. The van der Waals surface area contributed by atoms with Crippen molar-refractivity contribution in [2.24, 2.45) is 5.92 Å². The number of ether oxygens (including phenoxy) is 1. The van der Waals surface area contributed by atoms with Crippen LogP contribution in [0.15, 0.2) is 0 Å². The van der Waals surface area contributed by atoms with Gasteiger partial charge < -0.3 is 15.0 Å². The van der Waals surface area contributed by atoms with Crippen LogP contribution in [0.1, 0.15) is 40.0 Å². The Hall–Kier alpha value is -0.120. The first-order valence-corrected chi connectivity index (χ1v) is 7.31. The third-order valence-corrected chi connectivity index (χ3v) is 3.92. The van der Waals surface area contributed by atoms with Crippen molar-refractivity contribution in [1.29, 1.82) is 0 Å². The van der Waals surface area contributed by atoms with Crippen molar-refractivity contribution in [2.75, 3.05) is 39.4 Å². The van der Waals surface area contributed by atoms with Crippen molar-refractivity contribution in [1.82, 2.24) is 10.2 Å². The van der Waals surface area contributed by atoms with E-state index in [4.69, 9.17) is 4.74 Å². The van der Waals surface area contributed by atoms with E-state index in [-0.39, 0.29) is 0 Å². The molecule has 1 fully saturated rings. The molecule has 0 radical (unpaired) electrons. The summed E-state index contributed by atoms with van der Waals surface area (Å²) in [6.07, 6.45) is 3.84. The Morgan fingerprint density at radius 1 is 1.29 bits per heavy atom. The van der Waals surface area contributed by atoms with Crippen LogP contribution in [-0.4, -0.2) is 50.3 Å². The summed E-state index contributed by atoms with van der Waals surface area (Å²) in [4.78, 5) is 2.55. The van der Waals surface area contributed by atoms with Crippen molar-refractivity contribution in [2.45, 2.75) is 46.1 Å². The van der Waals surface area contributed by atoms with Crippen LogP contribution in [0.5, 0.6) is 0 Å². The molecule has 0 saturated carbocycles. The predicted molar refractivity (Wildman–Crippen MR) is 73.4 cm³/mol. The lowest BCUT2D eigenvalue weighted by Gasteiger charge is -2.34. The first-order chi connectivity index (χ1) is 8.27. The van der Waals surface area contributed by atoms with Crippen LogP contribution in [0.3, 0.4) is 0 Å². The predicted octanol–water partition coefficient (Wildman–Crippen LogP) is 2.12. The van der Waals surface area contributed by atoms with Gasteiger partial charge in [0.1, 0.15) is 0 Å². The SMILES string of the molecule is CCOCCCNC(C)C1CCN(CC)CC1. The van der Waals surface area contributed by atoms with Gasteiger partial charge in [-0.1, -0.05) is 6.92 Å². The average Bonchev–Trinajstić information content (AvgIpc) is 2.38. The molecule has 17 heavy (non-hydrogen) atoms. The smallest absolute Gasteiger partial charge is 0.0477 e. The Morgan fingerprint density at radius 2 is 2.00 bits per heavy atom. The lowest BCUT2D eigenvalue weighted by atomic mass is 9.90. The number of piperidine rings is 1. The minimum absolute atomic E-state index is 0.663. The van der Waals surface area contributed by atoms with Crippen molar-refractivity contribution in [3.05, 3.63) is 0 Å². The van der Waals surface area contributed by atoms with Crippen LogP contribution >= 0.6 is 0 Å². The molecule has 1 rings (SSSR count). The highest BCUT2D eigenvalue weighted by Gasteiger charge is 2.22. The molecule has 1 atom stereocenters. The molecule has 0 aromatic heterocycles. The number of rotatable bonds is 8. The molecular weight excluding hydrogens is 212 g/mol. The maximum atomic E-state index is 5.34. The molecule has 0 aromatic rings. The maximum Gasteiger partial charge on any atom is 0.0477 e. The van der Waals surface area contributed by atoms with Gasteiger partial charge in [-0.2, -0.15) is 0 Å². The van der Waals surface area contributed by atoms with Gasteiger partial charge in [0.05, 0.1) is 0 Å². The summed E-state index contributed by atoms with van der Waals surface area (Å²) >= 11 is 0. The minimum Gasteiger partial charge on any atom is -0.382 e. The fraction of sp³-hybridized carbons (Fsp3) is 1.00. The molecule has 0 bridgehead atoms. The molecule has 1 saturated heterocycles. The Kier molecular flexibility index (Phi) is 7.82. The quantitative estimate of drug-likeness (QED) is 0.660. The fourth-order valence-electron chi connectivity index (χ4n) is 2.58. The molecule has 1 aliphatic rings. The van der Waals surface area contributed by atoms with Gasteiger partial charge in [0.25, 0.3) is 0 Å². The van der Waals surface area contributed by atoms with Gasteiger partial charge in [-0.05, 0) is 65.2 Å². The van der Waals surface area contributed by atoms with E-state index in [0.29, 0.717) is 6.04 Å². The maximum absolute atomic E-state index is 5.34. The Bertz CT molecular complexity index is 179. The Balaban J connectivity index is 2.05. The normalized spacial score (nSPS) is 20.6. The molecule has 0 spiro atoms. The van der Waals surface area contributed by atoms with Crippen molar-refractivity contribution < 1.29 is 4.74 Å². The van der Waals surface area contributed by atoms with Crippen molar-refractivity contribution >= 4 is 0 Å². The van der Waals surface area contributed by atoms with Crippen LogP contribution in [0.4, 0.5) is 0 Å². The molecule has 102 valence electrons. The van der Waals surface area contributed by atoms with Gasteiger partial charge in [-0.25, -0.2) is 0 Å². The second-order valence-corrected chi connectivity index (χ2v) is 5.06. The van der Waals surface area contributed by atoms with Gasteiger partial charge >= 0.3 is 0 Å². The fourth-order valence-corrected chi connectivity index (χ4v) is 2.58. The molecule has 0 amide bonds. The Morgan fingerprint density at radius 3 is 2.59 bits per heavy atom. The lowest BCUT2D eigenvalue weighted by molar-refractivity contribution is 0.140. The van der Waals surface area contributed by atoms with E-state index in [1.807, 2.05) is 0 Å². The monoisotopic (exact) mass is 242 g/mol. The van der Waals surface area contributed by atoms with E-state index < -0.39 is 0 Å². The largest absolute Gasteiger partial charge is 0.382 e. The van der Waals surface area contributed by atoms with E-state index in [0.717, 1.165) is 32.1 Å². The highest BCUT2D eigenvalue weighted by molar-refractivity contribution is 4.79. The summed E-state index contributed by atoms with van der Waals surface area (Å²) in [7, 11) is 0. The van der Waals surface area contributed by atoms with Crippen LogP contribution in [-0.2, 0) is 4.74 Å². The zero-order valence-electron chi connectivity index (χ0n) is 11.9. The summed E-state index contributed by atoms with van der Waals surface area (Å²) < 4.78 is 5.34. The van der Waals surface area contributed by atoms with E-state index in [2.05, 4.69) is 31.0 Å². The van der Waals surface area contributed by atoms with Crippen LogP contribution in [0.2, 0.25) is 0 Å². The summed E-state index contributed by atoms with van der Waals surface area (Å²) in [6.45, 7) is 13.3. The molecule has 0 aliphatic carbocycles. The third-order valence-electron chi connectivity index (χ3n) is 3.92. The van der Waals surface area contributed by atoms with Gasteiger partial charge in [0.2, 0.25) is 0 Å². The molecular formula is C14H30N2O. The lowest BCUT2D eigenvalue weighted by Crippen LogP contribution is -2.42. The standard InChI is InChI=1S/C14H30N2O/c1-4-16-10-7-14(8-11-16)13(3)15-9-6-12-17-5-2/h13-15H,4-12H2,1-3H3. The first kappa shape index (κ1) is 14.9. The second kappa shape index (κ2) is 8.90. The molecule has 1 heterocycles.